The molecule has 0 saturated carbocycles. The molecule has 0 aliphatic carbocycles. The van der Waals surface area contributed by atoms with Crippen LogP contribution in [0.1, 0.15) is 17.3 Å². The van der Waals surface area contributed by atoms with Gasteiger partial charge in [0, 0.05) is 21.6 Å². The minimum atomic E-state index is -0.367. The highest BCUT2D eigenvalue weighted by atomic mass is 35.5. The molecule has 2 aliphatic heterocycles. The highest BCUT2D eigenvalue weighted by molar-refractivity contribution is 8.13. The van der Waals surface area contributed by atoms with Crippen molar-refractivity contribution >= 4 is 51.5 Å². The van der Waals surface area contributed by atoms with E-state index in [9.17, 15) is 4.79 Å². The quantitative estimate of drug-likeness (QED) is 0.681. The number of thioether (sulfide) groups is 1. The van der Waals surface area contributed by atoms with E-state index < -0.39 is 0 Å². The van der Waals surface area contributed by atoms with Crippen LogP contribution < -0.4 is 15.9 Å². The van der Waals surface area contributed by atoms with E-state index in [2.05, 4.69) is 5.32 Å². The minimum Gasteiger partial charge on any atom is -0.298 e. The van der Waals surface area contributed by atoms with Crippen LogP contribution in [-0.4, -0.2) is 16.1 Å². The summed E-state index contributed by atoms with van der Waals surface area (Å²) in [6, 6.07) is 17.4. The van der Waals surface area contributed by atoms with Crippen LogP contribution in [0.2, 0.25) is 5.02 Å². The number of fused-ring (bicyclic) bond motifs is 2. The molecule has 0 saturated heterocycles. The van der Waals surface area contributed by atoms with E-state index >= 15 is 0 Å². The molecular formula is C21H15ClN4OS2. The number of amides is 1. The summed E-state index contributed by atoms with van der Waals surface area (Å²) in [4.78, 5) is 17.9. The van der Waals surface area contributed by atoms with Gasteiger partial charge >= 0.3 is 0 Å². The molecule has 0 bridgehead atoms. The number of para-hydroxylation sites is 1. The van der Waals surface area contributed by atoms with Gasteiger partial charge in [-0.1, -0.05) is 59.8 Å². The first-order chi connectivity index (χ1) is 14.2. The van der Waals surface area contributed by atoms with E-state index in [1.54, 1.807) is 16.3 Å². The molecule has 2 aliphatic rings. The Morgan fingerprint density at radius 2 is 1.97 bits per heavy atom. The highest BCUT2D eigenvalue weighted by Crippen LogP contribution is 2.32. The summed E-state index contributed by atoms with van der Waals surface area (Å²) >= 11 is 9.30. The Bertz CT molecular complexity index is 1240. The molecule has 0 fully saturated rings. The maximum atomic E-state index is 13.0. The predicted octanol–water partition coefficient (Wildman–Crippen LogP) is 3.48. The summed E-state index contributed by atoms with van der Waals surface area (Å²) in [7, 11) is 0. The number of hydrogen-bond donors (Lipinski definition) is 1. The lowest BCUT2D eigenvalue weighted by Crippen LogP contribution is -2.50. The molecule has 1 N–H and O–H groups in total. The first-order valence-corrected chi connectivity index (χ1v) is 11.3. The van der Waals surface area contributed by atoms with Crippen LogP contribution in [-0.2, 0) is 10.5 Å². The fraction of sp³-hybridized carbons (Fsp3) is 0.0952. The first-order valence-electron chi connectivity index (χ1n) is 8.95. The zero-order valence-electron chi connectivity index (χ0n) is 15.1. The molecule has 5 rings (SSSR count). The summed E-state index contributed by atoms with van der Waals surface area (Å²) in [5.74, 6) is 0.433. The van der Waals surface area contributed by atoms with Crippen LogP contribution in [0, 0.1) is 0 Å². The molecule has 1 atom stereocenters. The van der Waals surface area contributed by atoms with E-state index in [4.69, 9.17) is 21.7 Å². The van der Waals surface area contributed by atoms with Crippen LogP contribution in [0.25, 0.3) is 5.70 Å². The summed E-state index contributed by atoms with van der Waals surface area (Å²) in [6.07, 6.45) is -0.367. The SMILES string of the molecule is O=C1NC(SCc2ccccc2Cl)=NN2C1=c1ccccc1=NC2c1ccsc1. The Labute approximate surface area is 180 Å². The summed E-state index contributed by atoms with van der Waals surface area (Å²) in [6.45, 7) is 0. The predicted molar refractivity (Wildman–Crippen MR) is 118 cm³/mol. The Kier molecular flexibility index (Phi) is 4.87. The maximum Gasteiger partial charge on any atom is 0.276 e. The standard InChI is InChI=1S/C21H15ClN4OS2/c22-16-7-3-1-5-13(16)12-29-21-24-20(27)18-15-6-2-4-8-17(15)23-19(26(18)25-21)14-9-10-28-11-14/h1-11,19H,12H2,(H,24,25,27). The van der Waals surface area contributed by atoms with Crippen molar-refractivity contribution in [2.24, 2.45) is 10.1 Å². The fourth-order valence-electron chi connectivity index (χ4n) is 3.29. The molecule has 1 amide bonds. The van der Waals surface area contributed by atoms with Gasteiger partial charge < -0.3 is 0 Å². The number of rotatable bonds is 3. The minimum absolute atomic E-state index is 0.177. The van der Waals surface area contributed by atoms with Crippen molar-refractivity contribution in [2.45, 2.75) is 11.9 Å². The van der Waals surface area contributed by atoms with E-state index in [0.29, 0.717) is 21.6 Å². The number of nitrogens with one attached hydrogen (secondary N) is 1. The number of thiophene rings is 1. The monoisotopic (exact) mass is 438 g/mol. The Hall–Kier alpha value is -2.61. The van der Waals surface area contributed by atoms with Gasteiger partial charge in [0.25, 0.3) is 5.91 Å². The molecule has 0 radical (unpaired) electrons. The Morgan fingerprint density at radius 1 is 1.14 bits per heavy atom. The van der Waals surface area contributed by atoms with Crippen molar-refractivity contribution in [1.82, 2.24) is 10.3 Å². The van der Waals surface area contributed by atoms with Crippen LogP contribution in [0.4, 0.5) is 0 Å². The van der Waals surface area contributed by atoms with Gasteiger partial charge in [-0.15, -0.1) is 5.10 Å². The lowest BCUT2D eigenvalue weighted by molar-refractivity contribution is -0.116. The number of amidine groups is 1. The van der Waals surface area contributed by atoms with Crippen LogP contribution in [0.3, 0.4) is 0 Å². The molecule has 1 unspecified atom stereocenters. The molecule has 2 aromatic carbocycles. The van der Waals surface area contributed by atoms with Gasteiger partial charge in [0.1, 0.15) is 5.70 Å². The van der Waals surface area contributed by atoms with Crippen molar-refractivity contribution < 1.29 is 4.79 Å². The zero-order chi connectivity index (χ0) is 19.8. The van der Waals surface area contributed by atoms with Crippen molar-refractivity contribution in [1.29, 1.82) is 0 Å². The molecule has 8 heteroatoms. The van der Waals surface area contributed by atoms with Gasteiger partial charge in [-0.05, 0) is 34.5 Å². The van der Waals surface area contributed by atoms with Gasteiger partial charge in [-0.3, -0.25) is 15.1 Å². The van der Waals surface area contributed by atoms with Gasteiger partial charge in [0.2, 0.25) is 0 Å². The third-order valence-corrected chi connectivity index (χ3v) is 6.66. The van der Waals surface area contributed by atoms with Crippen molar-refractivity contribution in [2.75, 3.05) is 0 Å². The molecular weight excluding hydrogens is 424 g/mol. The van der Waals surface area contributed by atoms with Crippen molar-refractivity contribution in [3.8, 4) is 0 Å². The average Bonchev–Trinajstić information content (AvgIpc) is 3.27. The van der Waals surface area contributed by atoms with Crippen molar-refractivity contribution in [3.63, 3.8) is 0 Å². The van der Waals surface area contributed by atoms with Gasteiger partial charge in [0.15, 0.2) is 11.3 Å². The smallest absolute Gasteiger partial charge is 0.276 e. The van der Waals surface area contributed by atoms with Gasteiger partial charge in [0.05, 0.1) is 5.36 Å². The second-order valence-electron chi connectivity index (χ2n) is 6.51. The topological polar surface area (TPSA) is 57.1 Å². The molecule has 3 aromatic rings. The van der Waals surface area contributed by atoms with Crippen molar-refractivity contribution in [3.05, 3.63) is 92.1 Å². The molecule has 0 spiro atoms. The van der Waals surface area contributed by atoms with Crippen LogP contribution in [0.5, 0.6) is 0 Å². The largest absolute Gasteiger partial charge is 0.298 e. The number of hydrogen-bond acceptors (Lipinski definition) is 6. The molecule has 3 heterocycles. The number of carbonyl (C=O) groups is 1. The van der Waals surface area contributed by atoms with E-state index in [1.807, 2.05) is 65.4 Å². The number of halogens is 1. The first kappa shape index (κ1) is 18.4. The summed E-state index contributed by atoms with van der Waals surface area (Å²) in [5, 5.41) is 16.3. The number of nitrogens with zero attached hydrogens (tertiary/aromatic N) is 3. The third-order valence-electron chi connectivity index (χ3n) is 4.68. The fourth-order valence-corrected chi connectivity index (χ4v) is 5.10. The van der Waals surface area contributed by atoms with Gasteiger partial charge in [-0.25, -0.2) is 5.01 Å². The van der Waals surface area contributed by atoms with Gasteiger partial charge in [-0.2, -0.15) is 11.3 Å². The second kappa shape index (κ2) is 7.67. The number of carbonyl (C=O) groups excluding carboxylic acids is 1. The number of benzene rings is 2. The maximum absolute atomic E-state index is 13.0. The van der Waals surface area contributed by atoms with E-state index in [-0.39, 0.29) is 12.1 Å². The van der Waals surface area contributed by atoms with Crippen LogP contribution >= 0.6 is 34.7 Å². The molecule has 144 valence electrons. The molecule has 29 heavy (non-hydrogen) atoms. The Morgan fingerprint density at radius 3 is 2.79 bits per heavy atom. The van der Waals surface area contributed by atoms with E-state index in [0.717, 1.165) is 21.7 Å². The van der Waals surface area contributed by atoms with Crippen LogP contribution in [0.15, 0.2) is 75.5 Å². The lowest BCUT2D eigenvalue weighted by atomic mass is 10.1. The Balaban J connectivity index is 1.55. The summed E-state index contributed by atoms with van der Waals surface area (Å²) < 4.78 is 0. The number of hydrazone groups is 1. The second-order valence-corrected chi connectivity index (χ2v) is 8.66. The average molecular weight is 439 g/mol. The summed E-state index contributed by atoms with van der Waals surface area (Å²) in [5.41, 5.74) is 2.53. The third kappa shape index (κ3) is 3.46. The molecule has 1 aromatic heterocycles. The lowest BCUT2D eigenvalue weighted by Gasteiger charge is -2.33. The molecule has 5 nitrogen and oxygen atoms in total. The normalized spacial score (nSPS) is 17.8. The zero-order valence-corrected chi connectivity index (χ0v) is 17.5. The highest BCUT2D eigenvalue weighted by Gasteiger charge is 2.34. The van der Waals surface area contributed by atoms with E-state index in [1.165, 1.54) is 11.8 Å².